The lowest BCUT2D eigenvalue weighted by Gasteiger charge is -2.12. The fraction of sp³-hybridized carbons (Fsp3) is 0.273. The van der Waals surface area contributed by atoms with E-state index in [4.69, 9.17) is 10.9 Å². The number of nitrogens with one attached hydrogen (secondary N) is 1. The molecule has 0 bridgehead atoms. The molecule has 0 radical (unpaired) electrons. The number of rotatable bonds is 4. The number of phenolic OH excluding ortho intramolecular Hbond substituents is 2. The molecule has 1 aromatic carbocycles. The summed E-state index contributed by atoms with van der Waals surface area (Å²) in [7, 11) is 0. The highest BCUT2D eigenvalue weighted by atomic mass is 16.4. The van der Waals surface area contributed by atoms with Crippen LogP contribution in [0.4, 0.5) is 0 Å². The van der Waals surface area contributed by atoms with E-state index in [0.717, 1.165) is 0 Å². The molecule has 0 aliphatic carbocycles. The van der Waals surface area contributed by atoms with E-state index in [2.05, 4.69) is 10.5 Å². The molecule has 0 saturated carbocycles. The quantitative estimate of drug-likeness (QED) is 0.227. The van der Waals surface area contributed by atoms with Crippen molar-refractivity contribution in [3.05, 3.63) is 23.8 Å². The van der Waals surface area contributed by atoms with Crippen molar-refractivity contribution >= 4 is 11.7 Å². The van der Waals surface area contributed by atoms with Crippen LogP contribution in [0.1, 0.15) is 17.3 Å². The topological polar surface area (TPSA) is 128 Å². The molecule has 18 heavy (non-hydrogen) atoms. The van der Waals surface area contributed by atoms with Gasteiger partial charge in [0.25, 0.3) is 5.91 Å². The summed E-state index contributed by atoms with van der Waals surface area (Å²) in [5, 5.41) is 32.7. The lowest BCUT2D eigenvalue weighted by atomic mass is 10.1. The normalized spacial score (nSPS) is 13.1. The average molecular weight is 253 g/mol. The van der Waals surface area contributed by atoms with E-state index >= 15 is 0 Å². The molecule has 7 nitrogen and oxygen atoms in total. The highest BCUT2D eigenvalue weighted by Gasteiger charge is 2.17. The van der Waals surface area contributed by atoms with Crippen molar-refractivity contribution in [2.45, 2.75) is 6.92 Å². The first-order valence-electron chi connectivity index (χ1n) is 5.24. The van der Waals surface area contributed by atoms with Crippen molar-refractivity contribution in [1.29, 1.82) is 0 Å². The molecular weight excluding hydrogens is 238 g/mol. The smallest absolute Gasteiger partial charge is 0.258 e. The number of hydrogen-bond acceptors (Lipinski definition) is 5. The van der Waals surface area contributed by atoms with Crippen LogP contribution in [0.25, 0.3) is 0 Å². The van der Waals surface area contributed by atoms with Gasteiger partial charge in [0.15, 0.2) is 0 Å². The zero-order chi connectivity index (χ0) is 13.7. The summed E-state index contributed by atoms with van der Waals surface area (Å²) < 4.78 is 0. The zero-order valence-electron chi connectivity index (χ0n) is 9.79. The molecule has 1 unspecified atom stereocenters. The highest BCUT2D eigenvalue weighted by Crippen LogP contribution is 2.25. The standard InChI is InChI=1S/C11H15N3O4/c1-6(10(12)14-18)5-13-11(17)9-7(15)3-2-4-8(9)16/h2-4,6,15-16,18H,5H2,1H3,(H2,12,14)(H,13,17). The summed E-state index contributed by atoms with van der Waals surface area (Å²) in [5.41, 5.74) is 5.15. The van der Waals surface area contributed by atoms with Gasteiger partial charge in [-0.25, -0.2) is 0 Å². The van der Waals surface area contributed by atoms with Gasteiger partial charge in [-0.3, -0.25) is 4.79 Å². The average Bonchev–Trinajstić information content (AvgIpc) is 2.34. The van der Waals surface area contributed by atoms with Gasteiger partial charge >= 0.3 is 0 Å². The number of nitrogens with zero attached hydrogens (tertiary/aromatic N) is 1. The first-order valence-corrected chi connectivity index (χ1v) is 5.24. The molecule has 1 amide bonds. The third kappa shape index (κ3) is 3.03. The van der Waals surface area contributed by atoms with E-state index in [-0.39, 0.29) is 35.4 Å². The third-order valence-electron chi connectivity index (χ3n) is 2.44. The lowest BCUT2D eigenvalue weighted by Crippen LogP contribution is -2.34. The number of nitrogens with two attached hydrogens (primary N) is 1. The highest BCUT2D eigenvalue weighted by molar-refractivity contribution is 5.99. The van der Waals surface area contributed by atoms with E-state index in [1.807, 2.05) is 0 Å². The molecule has 0 spiro atoms. The Morgan fingerprint density at radius 2 is 2.00 bits per heavy atom. The molecule has 98 valence electrons. The number of phenols is 2. The molecule has 7 heteroatoms. The van der Waals surface area contributed by atoms with Crippen molar-refractivity contribution < 1.29 is 20.2 Å². The molecule has 0 saturated heterocycles. The molecule has 0 aliphatic rings. The second-order valence-corrected chi connectivity index (χ2v) is 3.81. The molecule has 0 heterocycles. The van der Waals surface area contributed by atoms with Gasteiger partial charge in [-0.05, 0) is 12.1 Å². The molecule has 1 rings (SSSR count). The van der Waals surface area contributed by atoms with E-state index in [9.17, 15) is 15.0 Å². The van der Waals surface area contributed by atoms with Crippen LogP contribution in [0.2, 0.25) is 0 Å². The Balaban J connectivity index is 2.72. The van der Waals surface area contributed by atoms with Gasteiger partial charge in [-0.2, -0.15) is 0 Å². The Morgan fingerprint density at radius 3 is 2.50 bits per heavy atom. The summed E-state index contributed by atoms with van der Waals surface area (Å²) in [5.74, 6) is -1.65. The molecule has 1 aromatic rings. The van der Waals surface area contributed by atoms with E-state index < -0.39 is 5.91 Å². The largest absolute Gasteiger partial charge is 0.507 e. The van der Waals surface area contributed by atoms with Crippen molar-refractivity contribution in [2.24, 2.45) is 16.8 Å². The molecule has 0 fully saturated rings. The Hall–Kier alpha value is -2.44. The Bertz CT molecular complexity index is 453. The summed E-state index contributed by atoms with van der Waals surface area (Å²) in [4.78, 5) is 11.7. The van der Waals surface area contributed by atoms with Crippen LogP contribution in [0.15, 0.2) is 23.4 Å². The van der Waals surface area contributed by atoms with Crippen molar-refractivity contribution in [2.75, 3.05) is 6.54 Å². The molecule has 0 aromatic heterocycles. The maximum Gasteiger partial charge on any atom is 0.258 e. The van der Waals surface area contributed by atoms with Gasteiger partial charge < -0.3 is 26.5 Å². The minimum absolute atomic E-state index is 0.0168. The minimum Gasteiger partial charge on any atom is -0.507 e. The maximum atomic E-state index is 11.7. The molecule has 1 atom stereocenters. The van der Waals surface area contributed by atoms with Gasteiger partial charge in [0.2, 0.25) is 0 Å². The second kappa shape index (κ2) is 5.76. The number of amidine groups is 1. The van der Waals surface area contributed by atoms with Gasteiger partial charge in [-0.1, -0.05) is 18.1 Å². The van der Waals surface area contributed by atoms with Gasteiger partial charge in [0.1, 0.15) is 22.9 Å². The first-order chi connectivity index (χ1) is 8.47. The predicted molar refractivity (Wildman–Crippen MR) is 64.7 cm³/mol. The summed E-state index contributed by atoms with van der Waals surface area (Å²) >= 11 is 0. The van der Waals surface area contributed by atoms with Gasteiger partial charge in [0.05, 0.1) is 0 Å². The molecule has 6 N–H and O–H groups in total. The number of aromatic hydroxyl groups is 2. The first kappa shape index (κ1) is 13.6. The number of benzene rings is 1. The number of carbonyl (C=O) groups is 1. The third-order valence-corrected chi connectivity index (χ3v) is 2.44. The summed E-state index contributed by atoms with van der Waals surface area (Å²) in [6, 6.07) is 4.00. The fourth-order valence-electron chi connectivity index (χ4n) is 1.30. The van der Waals surface area contributed by atoms with Crippen molar-refractivity contribution in [1.82, 2.24) is 5.32 Å². The lowest BCUT2D eigenvalue weighted by molar-refractivity contribution is 0.0945. The number of oxime groups is 1. The van der Waals surface area contributed by atoms with Crippen LogP contribution < -0.4 is 11.1 Å². The van der Waals surface area contributed by atoms with E-state index in [1.165, 1.54) is 18.2 Å². The van der Waals surface area contributed by atoms with Crippen molar-refractivity contribution in [3.8, 4) is 11.5 Å². The van der Waals surface area contributed by atoms with E-state index in [1.54, 1.807) is 6.92 Å². The van der Waals surface area contributed by atoms with Crippen LogP contribution in [0, 0.1) is 5.92 Å². The minimum atomic E-state index is -0.636. The van der Waals surface area contributed by atoms with Crippen molar-refractivity contribution in [3.63, 3.8) is 0 Å². The van der Waals surface area contributed by atoms with Crippen LogP contribution in [0.5, 0.6) is 11.5 Å². The second-order valence-electron chi connectivity index (χ2n) is 3.81. The zero-order valence-corrected chi connectivity index (χ0v) is 9.79. The SMILES string of the molecule is CC(CNC(=O)c1c(O)cccc1O)/C(N)=N/O. The summed E-state index contributed by atoms with van der Waals surface area (Å²) in [6.45, 7) is 1.77. The predicted octanol–water partition coefficient (Wildman–Crippen LogP) is 0.210. The van der Waals surface area contributed by atoms with Crippen LogP contribution in [-0.2, 0) is 0 Å². The Labute approximate surface area is 104 Å². The monoisotopic (exact) mass is 253 g/mol. The Kier molecular flexibility index (Phi) is 4.36. The molecular formula is C11H15N3O4. The maximum absolute atomic E-state index is 11.7. The van der Waals surface area contributed by atoms with Crippen LogP contribution in [-0.4, -0.2) is 33.7 Å². The fourth-order valence-corrected chi connectivity index (χ4v) is 1.30. The molecule has 0 aliphatic heterocycles. The van der Waals surface area contributed by atoms with Crippen LogP contribution in [0.3, 0.4) is 0 Å². The summed E-state index contributed by atoms with van der Waals surface area (Å²) in [6.07, 6.45) is 0. The number of carbonyl (C=O) groups excluding carboxylic acids is 1. The van der Waals surface area contributed by atoms with Gasteiger partial charge in [0, 0.05) is 12.5 Å². The number of amides is 1. The Morgan fingerprint density at radius 1 is 1.44 bits per heavy atom. The van der Waals surface area contributed by atoms with Crippen LogP contribution >= 0.6 is 0 Å². The number of hydrogen-bond donors (Lipinski definition) is 5. The van der Waals surface area contributed by atoms with E-state index in [0.29, 0.717) is 0 Å². The van der Waals surface area contributed by atoms with Gasteiger partial charge in [-0.15, -0.1) is 0 Å².